The fourth-order valence-corrected chi connectivity index (χ4v) is 4.71. The van der Waals surface area contributed by atoms with E-state index in [2.05, 4.69) is 30.6 Å². The molecule has 0 aliphatic carbocycles. The van der Waals surface area contributed by atoms with Gasteiger partial charge in [0.05, 0.1) is 33.4 Å². The van der Waals surface area contributed by atoms with E-state index in [-0.39, 0.29) is 28.9 Å². The summed E-state index contributed by atoms with van der Waals surface area (Å²) in [7, 11) is 0. The molecular weight excluding hydrogens is 564 g/mol. The van der Waals surface area contributed by atoms with E-state index >= 15 is 0 Å². The van der Waals surface area contributed by atoms with Crippen molar-refractivity contribution in [2.24, 2.45) is 0 Å². The number of aromatic nitrogens is 4. The van der Waals surface area contributed by atoms with Gasteiger partial charge in [0.2, 0.25) is 11.8 Å². The summed E-state index contributed by atoms with van der Waals surface area (Å²) >= 11 is 0. The second kappa shape index (κ2) is 12.0. The van der Waals surface area contributed by atoms with Crippen molar-refractivity contribution in [3.8, 4) is 0 Å². The van der Waals surface area contributed by atoms with Crippen LogP contribution in [0, 0.1) is 27.7 Å². The molecule has 9 heteroatoms. The molecule has 6 aromatic rings. The van der Waals surface area contributed by atoms with E-state index in [9.17, 15) is 9.59 Å². The van der Waals surface area contributed by atoms with Crippen LogP contribution in [0.3, 0.4) is 0 Å². The first-order valence-corrected chi connectivity index (χ1v) is 13.0. The van der Waals surface area contributed by atoms with Gasteiger partial charge in [0, 0.05) is 58.2 Å². The Morgan fingerprint density at radius 2 is 0.829 bits per heavy atom. The summed E-state index contributed by atoms with van der Waals surface area (Å²) in [6.07, 6.45) is 0. The number of nitrogens with zero attached hydrogens (tertiary/aromatic N) is 4. The van der Waals surface area contributed by atoms with Gasteiger partial charge in [-0.25, -0.2) is 0 Å². The Morgan fingerprint density at radius 3 is 1.17 bits per heavy atom. The monoisotopic (exact) mass is 593 g/mol. The average Bonchev–Trinajstić information content (AvgIpc) is 2.89. The molecule has 0 spiro atoms. The van der Waals surface area contributed by atoms with Gasteiger partial charge in [0.1, 0.15) is 0 Å². The largest absolute Gasteiger partial charge is 1.00 e. The third-order valence-corrected chi connectivity index (χ3v) is 6.45. The molecule has 0 saturated heterocycles. The first-order valence-electron chi connectivity index (χ1n) is 13.0. The van der Waals surface area contributed by atoms with Gasteiger partial charge in [-0.2, -0.15) is 0 Å². The molecule has 0 fully saturated rings. The van der Waals surface area contributed by atoms with E-state index < -0.39 is 0 Å². The van der Waals surface area contributed by atoms with Crippen LogP contribution in [0.4, 0.5) is 11.4 Å². The fourth-order valence-electron chi connectivity index (χ4n) is 4.71. The van der Waals surface area contributed by atoms with Crippen molar-refractivity contribution in [2.45, 2.75) is 41.5 Å². The maximum atomic E-state index is 11.4. The van der Waals surface area contributed by atoms with Crippen molar-refractivity contribution in [1.82, 2.24) is 19.9 Å². The molecule has 8 nitrogen and oxygen atoms in total. The molecule has 4 aromatic heterocycles. The van der Waals surface area contributed by atoms with Gasteiger partial charge in [-0.05, 0) is 76.2 Å². The normalized spacial score (nSPS) is 10.7. The minimum atomic E-state index is -0.0914. The molecule has 0 atom stereocenters. The predicted octanol–water partition coefficient (Wildman–Crippen LogP) is 6.71. The molecule has 2 aromatic carbocycles. The van der Waals surface area contributed by atoms with Crippen molar-refractivity contribution in [3.63, 3.8) is 0 Å². The summed E-state index contributed by atoms with van der Waals surface area (Å²) < 4.78 is 0. The van der Waals surface area contributed by atoms with Crippen LogP contribution < -0.4 is 10.6 Å². The van der Waals surface area contributed by atoms with Crippen LogP contribution in [-0.4, -0.2) is 31.8 Å². The molecule has 6 rings (SSSR count). The molecule has 4 heterocycles. The molecule has 0 aliphatic heterocycles. The molecular formula is C32H30CuN6O2+. The van der Waals surface area contributed by atoms with Gasteiger partial charge in [-0.3, -0.25) is 29.5 Å². The van der Waals surface area contributed by atoms with Crippen LogP contribution in [0.15, 0.2) is 60.7 Å². The number of benzene rings is 2. The summed E-state index contributed by atoms with van der Waals surface area (Å²) in [5.41, 5.74) is 8.73. The van der Waals surface area contributed by atoms with E-state index in [1.54, 1.807) is 0 Å². The Morgan fingerprint density at radius 1 is 0.512 bits per heavy atom. The van der Waals surface area contributed by atoms with Crippen molar-refractivity contribution in [1.29, 1.82) is 0 Å². The number of amides is 2. The Hall–Kier alpha value is -4.46. The van der Waals surface area contributed by atoms with Crippen LogP contribution >= 0.6 is 0 Å². The summed E-state index contributed by atoms with van der Waals surface area (Å²) in [4.78, 5) is 41.1. The zero-order valence-electron chi connectivity index (χ0n) is 23.7. The Labute approximate surface area is 248 Å². The topological polar surface area (TPSA) is 110 Å². The van der Waals surface area contributed by atoms with Gasteiger partial charge < -0.3 is 10.6 Å². The van der Waals surface area contributed by atoms with Gasteiger partial charge in [0.15, 0.2) is 0 Å². The van der Waals surface area contributed by atoms with E-state index in [0.717, 1.165) is 77.8 Å². The molecule has 0 radical (unpaired) electrons. The third kappa shape index (κ3) is 6.32. The van der Waals surface area contributed by atoms with Crippen molar-refractivity contribution < 1.29 is 26.7 Å². The number of pyridine rings is 4. The zero-order valence-corrected chi connectivity index (χ0v) is 24.6. The van der Waals surface area contributed by atoms with Crippen molar-refractivity contribution in [3.05, 3.63) is 83.4 Å². The molecule has 2 N–H and O–H groups in total. The van der Waals surface area contributed by atoms with Crippen molar-refractivity contribution >= 4 is 66.8 Å². The number of hydrogen-bond acceptors (Lipinski definition) is 6. The quantitative estimate of drug-likeness (QED) is 0.170. The first-order chi connectivity index (χ1) is 19.1. The molecule has 0 aliphatic rings. The number of rotatable bonds is 2. The van der Waals surface area contributed by atoms with Crippen molar-refractivity contribution in [2.75, 3.05) is 10.6 Å². The molecule has 210 valence electrons. The van der Waals surface area contributed by atoms with Gasteiger partial charge in [-0.1, -0.05) is 12.1 Å². The average molecular weight is 594 g/mol. The summed E-state index contributed by atoms with van der Waals surface area (Å²) in [6.45, 7) is 10.8. The van der Waals surface area contributed by atoms with Crippen LogP contribution in [-0.2, 0) is 26.7 Å². The van der Waals surface area contributed by atoms with Gasteiger partial charge >= 0.3 is 17.1 Å². The van der Waals surface area contributed by atoms with Crippen LogP contribution in [0.25, 0.3) is 43.6 Å². The van der Waals surface area contributed by atoms with Gasteiger partial charge in [0.25, 0.3) is 0 Å². The number of fused-ring (bicyclic) bond motifs is 6. The van der Waals surface area contributed by atoms with Gasteiger partial charge in [-0.15, -0.1) is 0 Å². The number of nitrogens with one attached hydrogen (secondary N) is 2. The predicted molar refractivity (Wildman–Crippen MR) is 162 cm³/mol. The minimum absolute atomic E-state index is 0. The molecule has 2 amide bonds. The molecule has 0 saturated carbocycles. The van der Waals surface area contributed by atoms with E-state index in [1.807, 2.05) is 88.4 Å². The van der Waals surface area contributed by atoms with Crippen LogP contribution in [0.1, 0.15) is 36.6 Å². The Bertz CT molecular complexity index is 1830. The van der Waals surface area contributed by atoms with E-state index in [4.69, 9.17) is 0 Å². The maximum absolute atomic E-state index is 11.4. The first kappa shape index (κ1) is 29.5. The minimum Gasteiger partial charge on any atom is -0.326 e. The molecule has 0 bridgehead atoms. The third-order valence-electron chi connectivity index (χ3n) is 6.45. The molecule has 41 heavy (non-hydrogen) atoms. The maximum Gasteiger partial charge on any atom is 1.00 e. The standard InChI is InChI=1S/2C16H15N3O.Cu/c2*1-9-4-6-12-8-14(19-11(3)20)13-7-5-10(2)18-16(13)15(12)17-9;/h2*4-8H,1-3H3,(H,19,20);/q;;+1. The van der Waals surface area contributed by atoms with Crippen LogP contribution in [0.2, 0.25) is 0 Å². The summed E-state index contributed by atoms with van der Waals surface area (Å²) in [5.74, 6) is -0.183. The van der Waals surface area contributed by atoms with E-state index in [1.165, 1.54) is 13.8 Å². The number of anilines is 2. The zero-order chi connectivity index (χ0) is 28.6. The van der Waals surface area contributed by atoms with E-state index in [0.29, 0.717) is 0 Å². The second-order valence-electron chi connectivity index (χ2n) is 9.96. The Balaban J connectivity index is 0.000000184. The van der Waals surface area contributed by atoms with Crippen LogP contribution in [0.5, 0.6) is 0 Å². The summed E-state index contributed by atoms with van der Waals surface area (Å²) in [5, 5.41) is 9.51. The Kier molecular flexibility index (Phi) is 8.61. The summed E-state index contributed by atoms with van der Waals surface area (Å²) in [6, 6.07) is 19.7. The number of hydrogen-bond donors (Lipinski definition) is 2. The number of carbonyl (C=O) groups excluding carboxylic acids is 2. The number of aryl methyl sites for hydroxylation is 4. The second-order valence-corrected chi connectivity index (χ2v) is 9.96. The smallest absolute Gasteiger partial charge is 0.326 e. The fraction of sp³-hybridized carbons (Fsp3) is 0.188. The molecule has 0 unspecified atom stereocenters. The number of carbonyl (C=O) groups is 2. The SMILES string of the molecule is CC(=O)Nc1cc2ccc(C)nc2c2nc(C)ccc12.CC(=O)Nc1cc2ccc(C)nc2c2nc(C)ccc12.[Cu+].